The van der Waals surface area contributed by atoms with Crippen molar-refractivity contribution in [3.63, 3.8) is 0 Å². The smallest absolute Gasteiger partial charge is 0.236 e. The van der Waals surface area contributed by atoms with Crippen molar-refractivity contribution in [1.82, 2.24) is 15.5 Å². The summed E-state index contributed by atoms with van der Waals surface area (Å²) in [7, 11) is 3.22. The molecule has 2 rings (SSSR count). The van der Waals surface area contributed by atoms with E-state index in [2.05, 4.69) is 15.5 Å². The van der Waals surface area contributed by atoms with Gasteiger partial charge in [-0.2, -0.15) is 0 Å². The zero-order valence-electron chi connectivity index (χ0n) is 9.69. The maximum Gasteiger partial charge on any atom is 0.236 e. The lowest BCUT2D eigenvalue weighted by atomic mass is 9.93. The maximum absolute atomic E-state index is 5.24. The number of nitrogens with one attached hydrogen (secondary N) is 1. The molecule has 0 aliphatic carbocycles. The topological polar surface area (TPSA) is 56.3 Å². The lowest BCUT2D eigenvalue weighted by Gasteiger charge is -2.23. The summed E-state index contributed by atoms with van der Waals surface area (Å²) < 4.78 is 10.3. The van der Waals surface area contributed by atoms with Crippen LogP contribution in [0, 0.1) is 0 Å². The van der Waals surface area contributed by atoms with Gasteiger partial charge >= 0.3 is 0 Å². The molecule has 0 amide bonds. The third-order valence-electron chi connectivity index (χ3n) is 2.90. The van der Waals surface area contributed by atoms with E-state index in [9.17, 15) is 0 Å². The molecule has 1 aromatic rings. The van der Waals surface area contributed by atoms with Crippen molar-refractivity contribution >= 4 is 0 Å². The van der Waals surface area contributed by atoms with Crippen LogP contribution < -0.4 is 14.8 Å². The van der Waals surface area contributed by atoms with E-state index in [4.69, 9.17) is 9.47 Å². The van der Waals surface area contributed by atoms with E-state index in [-0.39, 0.29) is 0 Å². The number of piperidine rings is 1. The van der Waals surface area contributed by atoms with Gasteiger partial charge in [0.25, 0.3) is 0 Å². The van der Waals surface area contributed by atoms with Gasteiger partial charge in [0.05, 0.1) is 14.2 Å². The van der Waals surface area contributed by atoms with Gasteiger partial charge in [-0.3, -0.25) is 0 Å². The van der Waals surface area contributed by atoms with Gasteiger partial charge in [0.15, 0.2) is 0 Å². The summed E-state index contributed by atoms with van der Waals surface area (Å²) >= 11 is 0. The van der Waals surface area contributed by atoms with Crippen molar-refractivity contribution in [2.24, 2.45) is 0 Å². The fourth-order valence-electron chi connectivity index (χ4n) is 2.04. The number of hydrogen-bond acceptors (Lipinski definition) is 5. The highest BCUT2D eigenvalue weighted by Gasteiger charge is 2.21. The zero-order chi connectivity index (χ0) is 11.4. The van der Waals surface area contributed by atoms with Crippen LogP contribution in [0.25, 0.3) is 0 Å². The van der Waals surface area contributed by atoms with E-state index in [0.29, 0.717) is 17.7 Å². The van der Waals surface area contributed by atoms with Gasteiger partial charge in [-0.25, -0.2) is 0 Å². The molecule has 2 heterocycles. The Morgan fingerprint density at radius 2 is 2.19 bits per heavy atom. The quantitative estimate of drug-likeness (QED) is 0.827. The largest absolute Gasteiger partial charge is 0.480 e. The molecular weight excluding hydrogens is 206 g/mol. The Balaban J connectivity index is 2.27. The predicted octanol–water partition coefficient (Wildman–Crippen LogP) is 0.961. The SMILES string of the molecule is COc1cc(C2CCCNC2)c(OC)nn1. The Kier molecular flexibility index (Phi) is 3.56. The molecule has 1 N–H and O–H groups in total. The summed E-state index contributed by atoms with van der Waals surface area (Å²) in [6.07, 6.45) is 2.33. The maximum atomic E-state index is 5.24. The van der Waals surface area contributed by atoms with Crippen LogP contribution in [0.4, 0.5) is 0 Å². The first-order chi connectivity index (χ1) is 7.85. The summed E-state index contributed by atoms with van der Waals surface area (Å²) in [6.45, 7) is 2.06. The summed E-state index contributed by atoms with van der Waals surface area (Å²) in [4.78, 5) is 0. The van der Waals surface area contributed by atoms with Crippen molar-refractivity contribution in [2.75, 3.05) is 27.3 Å². The Morgan fingerprint density at radius 3 is 2.81 bits per heavy atom. The minimum atomic E-state index is 0.438. The fourth-order valence-corrected chi connectivity index (χ4v) is 2.04. The molecule has 1 aliphatic rings. The predicted molar refractivity (Wildman–Crippen MR) is 60.0 cm³/mol. The molecule has 1 atom stereocenters. The van der Waals surface area contributed by atoms with E-state index in [1.54, 1.807) is 14.2 Å². The van der Waals surface area contributed by atoms with E-state index in [1.807, 2.05) is 6.07 Å². The Labute approximate surface area is 95.2 Å². The summed E-state index contributed by atoms with van der Waals surface area (Å²) in [5.74, 6) is 1.59. The molecular formula is C11H17N3O2. The van der Waals surface area contributed by atoms with Crippen LogP contribution in [0.3, 0.4) is 0 Å². The summed E-state index contributed by atoms with van der Waals surface area (Å²) in [5, 5.41) is 11.3. The second-order valence-electron chi connectivity index (χ2n) is 3.89. The van der Waals surface area contributed by atoms with E-state index >= 15 is 0 Å². The van der Waals surface area contributed by atoms with Gasteiger partial charge in [0, 0.05) is 24.1 Å². The molecule has 1 aliphatic heterocycles. The first kappa shape index (κ1) is 11.1. The number of nitrogens with zero attached hydrogens (tertiary/aromatic N) is 2. The number of hydrogen-bond donors (Lipinski definition) is 1. The molecule has 1 unspecified atom stereocenters. The van der Waals surface area contributed by atoms with Gasteiger partial charge in [-0.05, 0) is 19.4 Å². The first-order valence-corrected chi connectivity index (χ1v) is 5.51. The lowest BCUT2D eigenvalue weighted by Crippen LogP contribution is -2.28. The minimum absolute atomic E-state index is 0.438. The molecule has 0 spiro atoms. The van der Waals surface area contributed by atoms with E-state index in [1.165, 1.54) is 6.42 Å². The van der Waals surface area contributed by atoms with Crippen LogP contribution in [-0.4, -0.2) is 37.5 Å². The van der Waals surface area contributed by atoms with Gasteiger partial charge < -0.3 is 14.8 Å². The molecule has 0 radical (unpaired) electrons. The molecule has 5 nitrogen and oxygen atoms in total. The fraction of sp³-hybridized carbons (Fsp3) is 0.636. The van der Waals surface area contributed by atoms with Crippen LogP contribution in [0.1, 0.15) is 24.3 Å². The Hall–Kier alpha value is -1.36. The summed E-state index contributed by atoms with van der Waals surface area (Å²) in [5.41, 5.74) is 1.08. The van der Waals surface area contributed by atoms with Crippen LogP contribution >= 0.6 is 0 Å². The second-order valence-corrected chi connectivity index (χ2v) is 3.89. The van der Waals surface area contributed by atoms with Crippen LogP contribution in [0.15, 0.2) is 6.07 Å². The first-order valence-electron chi connectivity index (χ1n) is 5.51. The lowest BCUT2D eigenvalue weighted by molar-refractivity contribution is 0.352. The van der Waals surface area contributed by atoms with Crippen LogP contribution in [0.2, 0.25) is 0 Å². The van der Waals surface area contributed by atoms with Crippen molar-refractivity contribution in [2.45, 2.75) is 18.8 Å². The zero-order valence-corrected chi connectivity index (χ0v) is 9.69. The molecule has 1 saturated heterocycles. The molecule has 1 aromatic heterocycles. The average molecular weight is 223 g/mol. The van der Waals surface area contributed by atoms with Crippen LogP contribution in [-0.2, 0) is 0 Å². The highest BCUT2D eigenvalue weighted by atomic mass is 16.5. The average Bonchev–Trinajstić information content (AvgIpc) is 2.39. The monoisotopic (exact) mass is 223 g/mol. The standard InChI is InChI=1S/C11H17N3O2/c1-15-10-6-9(11(16-2)14-13-10)8-4-3-5-12-7-8/h6,8,12H,3-5,7H2,1-2H3. The molecule has 16 heavy (non-hydrogen) atoms. The normalized spacial score (nSPS) is 20.5. The Bertz CT molecular complexity index is 351. The third kappa shape index (κ3) is 2.24. The highest BCUT2D eigenvalue weighted by molar-refractivity contribution is 5.33. The van der Waals surface area contributed by atoms with Crippen molar-refractivity contribution in [3.05, 3.63) is 11.6 Å². The molecule has 0 saturated carbocycles. The summed E-state index contributed by atoms with van der Waals surface area (Å²) in [6, 6.07) is 1.92. The van der Waals surface area contributed by atoms with Crippen molar-refractivity contribution < 1.29 is 9.47 Å². The molecule has 0 aromatic carbocycles. The molecule has 5 heteroatoms. The van der Waals surface area contributed by atoms with E-state index in [0.717, 1.165) is 25.1 Å². The van der Waals surface area contributed by atoms with Gasteiger partial charge in [-0.1, -0.05) is 0 Å². The highest BCUT2D eigenvalue weighted by Crippen LogP contribution is 2.30. The van der Waals surface area contributed by atoms with Crippen molar-refractivity contribution in [3.8, 4) is 11.8 Å². The number of rotatable bonds is 3. The number of ether oxygens (including phenoxy) is 2. The third-order valence-corrected chi connectivity index (χ3v) is 2.90. The van der Waals surface area contributed by atoms with Gasteiger partial charge in [-0.15, -0.1) is 10.2 Å². The second kappa shape index (κ2) is 5.12. The van der Waals surface area contributed by atoms with Crippen LogP contribution in [0.5, 0.6) is 11.8 Å². The minimum Gasteiger partial charge on any atom is -0.480 e. The number of methoxy groups -OCH3 is 2. The Morgan fingerprint density at radius 1 is 1.31 bits per heavy atom. The van der Waals surface area contributed by atoms with Gasteiger partial charge in [0.2, 0.25) is 11.8 Å². The number of aromatic nitrogens is 2. The molecule has 88 valence electrons. The van der Waals surface area contributed by atoms with Crippen molar-refractivity contribution in [1.29, 1.82) is 0 Å². The van der Waals surface area contributed by atoms with E-state index < -0.39 is 0 Å². The van der Waals surface area contributed by atoms with Gasteiger partial charge in [0.1, 0.15) is 0 Å². The molecule has 0 bridgehead atoms. The molecule has 1 fully saturated rings.